The highest BCUT2D eigenvalue weighted by atomic mass is 35.5. The van der Waals surface area contributed by atoms with Crippen LogP contribution in [0.1, 0.15) is 82.0 Å². The first-order chi connectivity index (χ1) is 17.0. The van der Waals surface area contributed by atoms with Gasteiger partial charge in [0, 0.05) is 0 Å². The first kappa shape index (κ1) is 29.1. The van der Waals surface area contributed by atoms with Crippen molar-refractivity contribution in [1.82, 2.24) is 0 Å². The number of unbranched alkanes of at least 4 members (excludes halogenated alkanes) is 3. The lowest BCUT2D eigenvalue weighted by molar-refractivity contribution is 0.0270. The molecule has 0 bridgehead atoms. The molecule has 1 N–H and O–H groups in total. The van der Waals surface area contributed by atoms with Gasteiger partial charge in [-0.1, -0.05) is 76.3 Å². The molecule has 3 atom stereocenters. The molecule has 194 valence electrons. The number of aromatic carboxylic acids is 1. The molecule has 0 saturated carbocycles. The van der Waals surface area contributed by atoms with Gasteiger partial charge in [0.15, 0.2) is 0 Å². The van der Waals surface area contributed by atoms with Gasteiger partial charge in [0.25, 0.3) is 0 Å². The normalized spacial score (nSPS) is 13.8. The highest BCUT2D eigenvalue weighted by Crippen LogP contribution is 2.26. The second-order valence-corrected chi connectivity index (χ2v) is 9.55. The maximum atomic E-state index is 14.0. The van der Waals surface area contributed by atoms with Crippen molar-refractivity contribution in [3.8, 4) is 16.9 Å². The number of benzene rings is 2. The SMILES string of the molecule is CCCCCCC(CCCOc1ccc(-c2ccccc2C(=O)O)cc1)OC[C@@H](Cl)[C@@H](F)CCC. The van der Waals surface area contributed by atoms with Crippen LogP contribution in [-0.2, 0) is 4.74 Å². The van der Waals surface area contributed by atoms with Crippen LogP contribution >= 0.6 is 11.6 Å². The van der Waals surface area contributed by atoms with Crippen molar-refractivity contribution in [3.05, 3.63) is 54.1 Å². The highest BCUT2D eigenvalue weighted by Gasteiger charge is 2.20. The lowest BCUT2D eigenvalue weighted by Crippen LogP contribution is -2.26. The molecule has 0 aromatic heterocycles. The molecular formula is C29H40ClFO4. The third-order valence-electron chi connectivity index (χ3n) is 6.09. The Morgan fingerprint density at radius 1 is 0.943 bits per heavy atom. The predicted molar refractivity (Wildman–Crippen MR) is 142 cm³/mol. The van der Waals surface area contributed by atoms with Crippen LogP contribution in [0.25, 0.3) is 11.1 Å². The Morgan fingerprint density at radius 2 is 1.66 bits per heavy atom. The smallest absolute Gasteiger partial charge is 0.336 e. The Balaban J connectivity index is 1.83. The van der Waals surface area contributed by atoms with Crippen LogP contribution in [-0.4, -0.2) is 41.9 Å². The highest BCUT2D eigenvalue weighted by molar-refractivity contribution is 6.21. The van der Waals surface area contributed by atoms with E-state index in [0.29, 0.717) is 18.6 Å². The molecule has 2 aromatic carbocycles. The van der Waals surface area contributed by atoms with Crippen LogP contribution in [0.4, 0.5) is 4.39 Å². The molecule has 35 heavy (non-hydrogen) atoms. The summed E-state index contributed by atoms with van der Waals surface area (Å²) in [4.78, 5) is 11.5. The summed E-state index contributed by atoms with van der Waals surface area (Å²) in [6.45, 7) is 4.93. The molecule has 6 heteroatoms. The molecule has 0 saturated heterocycles. The summed E-state index contributed by atoms with van der Waals surface area (Å²) >= 11 is 6.21. The zero-order valence-corrected chi connectivity index (χ0v) is 21.8. The van der Waals surface area contributed by atoms with E-state index in [0.717, 1.165) is 43.4 Å². The van der Waals surface area contributed by atoms with Gasteiger partial charge in [-0.25, -0.2) is 9.18 Å². The summed E-state index contributed by atoms with van der Waals surface area (Å²) in [6.07, 6.45) is 7.54. The average Bonchev–Trinajstić information content (AvgIpc) is 2.87. The van der Waals surface area contributed by atoms with Crippen molar-refractivity contribution >= 4 is 17.6 Å². The van der Waals surface area contributed by atoms with Gasteiger partial charge in [-0.15, -0.1) is 11.6 Å². The Morgan fingerprint density at radius 3 is 2.34 bits per heavy atom. The first-order valence-electron chi connectivity index (χ1n) is 12.9. The zero-order valence-electron chi connectivity index (χ0n) is 21.1. The zero-order chi connectivity index (χ0) is 25.5. The molecule has 4 nitrogen and oxygen atoms in total. The number of hydrogen-bond donors (Lipinski definition) is 1. The molecule has 0 aliphatic heterocycles. The van der Waals surface area contributed by atoms with Gasteiger partial charge in [-0.3, -0.25) is 0 Å². The second-order valence-electron chi connectivity index (χ2n) is 8.99. The molecule has 2 aromatic rings. The molecule has 0 fully saturated rings. The van der Waals surface area contributed by atoms with E-state index in [1.165, 1.54) is 19.3 Å². The topological polar surface area (TPSA) is 55.8 Å². The van der Waals surface area contributed by atoms with Crippen molar-refractivity contribution < 1.29 is 23.8 Å². The minimum absolute atomic E-state index is 0.0560. The molecule has 0 aliphatic carbocycles. The quantitative estimate of drug-likeness (QED) is 0.163. The number of rotatable bonds is 18. The molecule has 0 amide bonds. The molecular weight excluding hydrogens is 467 g/mol. The van der Waals surface area contributed by atoms with Gasteiger partial charge in [0.1, 0.15) is 11.9 Å². The molecule has 0 aliphatic rings. The minimum atomic E-state index is -1.03. The van der Waals surface area contributed by atoms with Crippen molar-refractivity contribution in [1.29, 1.82) is 0 Å². The molecule has 0 heterocycles. The van der Waals surface area contributed by atoms with Crippen molar-refractivity contribution in [2.24, 2.45) is 0 Å². The van der Waals surface area contributed by atoms with E-state index in [2.05, 4.69) is 6.92 Å². The van der Waals surface area contributed by atoms with E-state index in [-0.39, 0.29) is 18.3 Å². The monoisotopic (exact) mass is 506 g/mol. The van der Waals surface area contributed by atoms with Crippen LogP contribution < -0.4 is 4.74 Å². The molecule has 1 unspecified atom stereocenters. The van der Waals surface area contributed by atoms with Gasteiger partial charge < -0.3 is 14.6 Å². The Kier molecular flexibility index (Phi) is 13.8. The Bertz CT molecular complexity index is 858. The van der Waals surface area contributed by atoms with Gasteiger partial charge in [-0.2, -0.15) is 0 Å². The number of ether oxygens (including phenoxy) is 2. The number of halogens is 2. The lowest BCUT2D eigenvalue weighted by atomic mass is 10.00. The standard InChI is InChI=1S/C29H40ClFO4/c1-3-5-6-7-12-23(35-21-27(30)28(31)11-4-2)13-10-20-34-24-18-16-22(17-19-24)25-14-8-9-15-26(25)29(32)33/h8-9,14-19,23,27-28H,3-7,10-13,20-21H2,1-2H3,(H,32,33)/t23?,27-,28+/m1/s1. The average molecular weight is 507 g/mol. The van der Waals surface area contributed by atoms with Gasteiger partial charge in [0.05, 0.1) is 30.3 Å². The van der Waals surface area contributed by atoms with E-state index in [4.69, 9.17) is 21.1 Å². The predicted octanol–water partition coefficient (Wildman–Crippen LogP) is 8.31. The molecule has 0 radical (unpaired) electrons. The number of alkyl halides is 2. The van der Waals surface area contributed by atoms with Crippen molar-refractivity contribution in [2.45, 2.75) is 89.3 Å². The molecule has 0 spiro atoms. The third-order valence-corrected chi connectivity index (χ3v) is 6.49. The number of carboxylic acids is 1. The van der Waals surface area contributed by atoms with Crippen molar-refractivity contribution in [2.75, 3.05) is 13.2 Å². The minimum Gasteiger partial charge on any atom is -0.494 e. The maximum absolute atomic E-state index is 14.0. The fourth-order valence-corrected chi connectivity index (χ4v) is 4.25. The van der Waals surface area contributed by atoms with Gasteiger partial charge >= 0.3 is 5.97 Å². The van der Waals surface area contributed by atoms with E-state index in [9.17, 15) is 14.3 Å². The first-order valence-corrected chi connectivity index (χ1v) is 13.3. The summed E-state index contributed by atoms with van der Waals surface area (Å²) in [5.74, 6) is -0.206. The third kappa shape index (κ3) is 10.6. The number of hydrogen-bond acceptors (Lipinski definition) is 3. The lowest BCUT2D eigenvalue weighted by Gasteiger charge is -2.21. The number of carboxylic acid groups (broad SMARTS) is 1. The van der Waals surface area contributed by atoms with E-state index in [1.54, 1.807) is 18.2 Å². The summed E-state index contributed by atoms with van der Waals surface area (Å²) < 4.78 is 26.0. The van der Waals surface area contributed by atoms with Crippen LogP contribution in [0, 0.1) is 0 Å². The summed E-state index contributed by atoms with van der Waals surface area (Å²) in [6, 6.07) is 14.4. The van der Waals surface area contributed by atoms with E-state index < -0.39 is 17.5 Å². The Labute approximate surface area is 214 Å². The van der Waals surface area contributed by atoms with Crippen LogP contribution in [0.5, 0.6) is 5.75 Å². The van der Waals surface area contributed by atoms with Crippen molar-refractivity contribution in [3.63, 3.8) is 0 Å². The maximum Gasteiger partial charge on any atom is 0.336 e. The fraction of sp³-hybridized carbons (Fsp3) is 0.552. The number of carbonyl (C=O) groups is 1. The van der Waals surface area contributed by atoms with E-state index >= 15 is 0 Å². The summed E-state index contributed by atoms with van der Waals surface area (Å²) in [7, 11) is 0. The van der Waals surface area contributed by atoms with E-state index in [1.807, 2.05) is 37.3 Å². The van der Waals surface area contributed by atoms with Gasteiger partial charge in [-0.05, 0) is 55.0 Å². The summed E-state index contributed by atoms with van der Waals surface area (Å²) in [5.41, 5.74) is 1.79. The largest absolute Gasteiger partial charge is 0.494 e. The van der Waals surface area contributed by atoms with Crippen LogP contribution in [0.3, 0.4) is 0 Å². The van der Waals surface area contributed by atoms with Crippen LogP contribution in [0.2, 0.25) is 0 Å². The summed E-state index contributed by atoms with van der Waals surface area (Å²) in [5, 5.41) is 8.81. The second kappa shape index (κ2) is 16.5. The van der Waals surface area contributed by atoms with Crippen LogP contribution in [0.15, 0.2) is 48.5 Å². The van der Waals surface area contributed by atoms with Gasteiger partial charge in [0.2, 0.25) is 0 Å². The fourth-order valence-electron chi connectivity index (χ4n) is 4.05. The Hall–Kier alpha value is -2.11. The molecule has 2 rings (SSSR count).